The highest BCUT2D eigenvalue weighted by Crippen LogP contribution is 2.10. The second-order valence-electron chi connectivity index (χ2n) is 3.93. The van der Waals surface area contributed by atoms with E-state index >= 15 is 0 Å². The van der Waals surface area contributed by atoms with Gasteiger partial charge in [0.05, 0.1) is 5.69 Å². The lowest BCUT2D eigenvalue weighted by molar-refractivity contribution is -0.116. The second kappa shape index (κ2) is 6.85. The van der Waals surface area contributed by atoms with Gasteiger partial charge in [-0.1, -0.05) is 34.1 Å². The van der Waals surface area contributed by atoms with Crippen LogP contribution in [0.2, 0.25) is 0 Å². The van der Waals surface area contributed by atoms with Crippen LogP contribution in [0.25, 0.3) is 6.08 Å². The Morgan fingerprint density at radius 3 is 2.68 bits per heavy atom. The molecule has 4 heteroatoms. The van der Waals surface area contributed by atoms with Crippen LogP contribution in [0.5, 0.6) is 0 Å². The number of rotatable bonds is 4. The van der Waals surface area contributed by atoms with Gasteiger partial charge in [0.25, 0.3) is 0 Å². The molecule has 1 N–H and O–H groups in total. The van der Waals surface area contributed by atoms with Gasteiger partial charge in [0, 0.05) is 23.3 Å². The van der Waals surface area contributed by atoms with Crippen molar-refractivity contribution in [3.63, 3.8) is 0 Å². The van der Waals surface area contributed by atoms with Crippen molar-refractivity contribution < 1.29 is 4.79 Å². The molecule has 96 valence electrons. The van der Waals surface area contributed by atoms with Gasteiger partial charge in [0.15, 0.2) is 0 Å². The first-order chi connectivity index (χ1) is 9.24. The van der Waals surface area contributed by atoms with Crippen LogP contribution >= 0.6 is 15.9 Å². The molecule has 0 atom stereocenters. The minimum Gasteiger partial charge on any atom is -0.348 e. The van der Waals surface area contributed by atoms with Gasteiger partial charge in [0.1, 0.15) is 0 Å². The van der Waals surface area contributed by atoms with Crippen LogP contribution in [-0.2, 0) is 11.3 Å². The maximum absolute atomic E-state index is 11.6. The average Bonchev–Trinajstić information content (AvgIpc) is 2.45. The largest absolute Gasteiger partial charge is 0.348 e. The van der Waals surface area contributed by atoms with Gasteiger partial charge in [-0.05, 0) is 35.9 Å². The first-order valence-electron chi connectivity index (χ1n) is 5.85. The molecule has 2 rings (SSSR count). The van der Waals surface area contributed by atoms with E-state index in [-0.39, 0.29) is 5.91 Å². The van der Waals surface area contributed by atoms with Crippen molar-refractivity contribution in [2.75, 3.05) is 0 Å². The van der Waals surface area contributed by atoms with Gasteiger partial charge in [-0.15, -0.1) is 0 Å². The van der Waals surface area contributed by atoms with E-state index in [9.17, 15) is 4.79 Å². The molecule has 0 bridgehead atoms. The molecule has 1 heterocycles. The van der Waals surface area contributed by atoms with Crippen LogP contribution in [-0.4, -0.2) is 10.9 Å². The normalized spacial score (nSPS) is 10.6. The molecule has 0 unspecified atom stereocenters. The summed E-state index contributed by atoms with van der Waals surface area (Å²) in [5.41, 5.74) is 1.82. The van der Waals surface area contributed by atoms with E-state index in [1.165, 1.54) is 6.08 Å². The monoisotopic (exact) mass is 316 g/mol. The van der Waals surface area contributed by atoms with E-state index < -0.39 is 0 Å². The van der Waals surface area contributed by atoms with E-state index in [1.54, 1.807) is 12.3 Å². The van der Waals surface area contributed by atoms with Crippen molar-refractivity contribution in [1.82, 2.24) is 10.3 Å². The highest BCUT2D eigenvalue weighted by atomic mass is 79.9. The van der Waals surface area contributed by atoms with Gasteiger partial charge < -0.3 is 5.32 Å². The number of aromatic nitrogens is 1. The third kappa shape index (κ3) is 4.67. The molecule has 2 aromatic rings. The lowest BCUT2D eigenvalue weighted by Crippen LogP contribution is -2.20. The molecular weight excluding hydrogens is 304 g/mol. The molecule has 1 amide bonds. The Kier molecular flexibility index (Phi) is 4.86. The van der Waals surface area contributed by atoms with E-state index in [1.807, 2.05) is 42.5 Å². The number of nitrogens with one attached hydrogen (secondary N) is 1. The van der Waals surface area contributed by atoms with Gasteiger partial charge in [-0.25, -0.2) is 0 Å². The fourth-order valence-corrected chi connectivity index (χ4v) is 1.75. The first-order valence-corrected chi connectivity index (χ1v) is 6.65. The van der Waals surface area contributed by atoms with E-state index in [4.69, 9.17) is 0 Å². The highest BCUT2D eigenvalue weighted by molar-refractivity contribution is 9.10. The van der Waals surface area contributed by atoms with E-state index in [2.05, 4.69) is 26.2 Å². The van der Waals surface area contributed by atoms with Crippen molar-refractivity contribution in [2.24, 2.45) is 0 Å². The molecule has 1 aromatic carbocycles. The number of nitrogens with zero attached hydrogens (tertiary/aromatic N) is 1. The van der Waals surface area contributed by atoms with Gasteiger partial charge in [-0.3, -0.25) is 9.78 Å². The molecule has 0 radical (unpaired) electrons. The van der Waals surface area contributed by atoms with Crippen LogP contribution in [0.15, 0.2) is 59.2 Å². The number of hydrogen-bond acceptors (Lipinski definition) is 2. The highest BCUT2D eigenvalue weighted by Gasteiger charge is 1.97. The molecule has 0 fully saturated rings. The molecular formula is C15H13BrN2O. The van der Waals surface area contributed by atoms with Gasteiger partial charge in [-0.2, -0.15) is 0 Å². The molecule has 0 saturated carbocycles. The minimum absolute atomic E-state index is 0.131. The summed E-state index contributed by atoms with van der Waals surface area (Å²) in [5.74, 6) is -0.131. The summed E-state index contributed by atoms with van der Waals surface area (Å²) in [5, 5.41) is 2.82. The van der Waals surface area contributed by atoms with Crippen LogP contribution in [0, 0.1) is 0 Å². The topological polar surface area (TPSA) is 42.0 Å². The number of carbonyl (C=O) groups is 1. The van der Waals surface area contributed by atoms with Gasteiger partial charge >= 0.3 is 0 Å². The Morgan fingerprint density at radius 1 is 1.21 bits per heavy atom. The summed E-state index contributed by atoms with van der Waals surface area (Å²) < 4.78 is 1.03. The molecule has 0 spiro atoms. The maximum Gasteiger partial charge on any atom is 0.244 e. The molecule has 0 saturated heterocycles. The van der Waals surface area contributed by atoms with Crippen molar-refractivity contribution >= 4 is 27.9 Å². The van der Waals surface area contributed by atoms with E-state index in [0.717, 1.165) is 15.7 Å². The van der Waals surface area contributed by atoms with Crippen molar-refractivity contribution in [2.45, 2.75) is 6.54 Å². The predicted octanol–water partition coefficient (Wildman–Crippen LogP) is 3.17. The Bertz CT molecular complexity index is 564. The van der Waals surface area contributed by atoms with E-state index in [0.29, 0.717) is 6.54 Å². The zero-order valence-corrected chi connectivity index (χ0v) is 11.8. The third-order valence-electron chi connectivity index (χ3n) is 2.47. The Balaban J connectivity index is 1.85. The van der Waals surface area contributed by atoms with Crippen LogP contribution in [0.1, 0.15) is 11.3 Å². The zero-order valence-electron chi connectivity index (χ0n) is 10.2. The minimum atomic E-state index is -0.131. The maximum atomic E-state index is 11.6. The van der Waals surface area contributed by atoms with Crippen LogP contribution in [0.4, 0.5) is 0 Å². The second-order valence-corrected chi connectivity index (χ2v) is 4.85. The quantitative estimate of drug-likeness (QED) is 0.880. The Labute approximate surface area is 120 Å². The fourth-order valence-electron chi connectivity index (χ4n) is 1.49. The van der Waals surface area contributed by atoms with Crippen LogP contribution in [0.3, 0.4) is 0 Å². The third-order valence-corrected chi connectivity index (χ3v) is 3.00. The number of hydrogen-bond donors (Lipinski definition) is 1. The number of amides is 1. The summed E-state index contributed by atoms with van der Waals surface area (Å²) in [4.78, 5) is 15.7. The summed E-state index contributed by atoms with van der Waals surface area (Å²) in [6.45, 7) is 0.513. The first kappa shape index (κ1) is 13.5. The SMILES string of the molecule is O=C(C=Cc1ccccn1)NCc1ccc(Br)cc1. The lowest BCUT2D eigenvalue weighted by Gasteiger charge is -2.02. The lowest BCUT2D eigenvalue weighted by atomic mass is 10.2. The van der Waals surface area contributed by atoms with Crippen molar-refractivity contribution in [3.05, 3.63) is 70.5 Å². The number of halogens is 1. The number of carbonyl (C=O) groups excluding carboxylic acids is 1. The molecule has 3 nitrogen and oxygen atoms in total. The number of pyridine rings is 1. The smallest absolute Gasteiger partial charge is 0.244 e. The van der Waals surface area contributed by atoms with Crippen molar-refractivity contribution in [3.8, 4) is 0 Å². The number of benzene rings is 1. The average molecular weight is 317 g/mol. The summed E-state index contributed by atoms with van der Waals surface area (Å²) in [7, 11) is 0. The molecule has 19 heavy (non-hydrogen) atoms. The molecule has 0 aliphatic rings. The summed E-state index contributed by atoms with van der Waals surface area (Å²) in [6.07, 6.45) is 4.87. The zero-order chi connectivity index (χ0) is 13.5. The Hall–Kier alpha value is -1.94. The van der Waals surface area contributed by atoms with Gasteiger partial charge in [0.2, 0.25) is 5.91 Å². The molecule has 1 aromatic heterocycles. The van der Waals surface area contributed by atoms with Crippen molar-refractivity contribution in [1.29, 1.82) is 0 Å². The molecule has 0 aliphatic carbocycles. The standard InChI is InChI=1S/C15H13BrN2O/c16-13-6-4-12(5-7-13)11-18-15(19)9-8-14-3-1-2-10-17-14/h1-10H,11H2,(H,18,19). The Morgan fingerprint density at radius 2 is 2.00 bits per heavy atom. The molecule has 0 aliphatic heterocycles. The fraction of sp³-hybridized carbons (Fsp3) is 0.0667. The summed E-state index contributed by atoms with van der Waals surface area (Å²) in [6, 6.07) is 13.4. The summed E-state index contributed by atoms with van der Waals surface area (Å²) >= 11 is 3.37. The predicted molar refractivity (Wildman–Crippen MR) is 79.3 cm³/mol. The van der Waals surface area contributed by atoms with Crippen LogP contribution < -0.4 is 5.32 Å².